The minimum atomic E-state index is -4.52. The van der Waals surface area contributed by atoms with Crippen LogP contribution in [0.4, 0.5) is 13.2 Å². The number of hydrogen-bond acceptors (Lipinski definition) is 5. The van der Waals surface area contributed by atoms with Crippen molar-refractivity contribution in [2.75, 3.05) is 18.8 Å². The Kier molecular flexibility index (Phi) is 5.12. The van der Waals surface area contributed by atoms with E-state index in [1.807, 2.05) is 0 Å². The van der Waals surface area contributed by atoms with Gasteiger partial charge in [0.05, 0.1) is 5.56 Å². The summed E-state index contributed by atoms with van der Waals surface area (Å²) in [5.41, 5.74) is -0.581. The number of carbonyl (C=O) groups is 3. The molecular weight excluding hydrogens is 455 g/mol. The third-order valence-electron chi connectivity index (χ3n) is 6.23. The van der Waals surface area contributed by atoms with E-state index in [1.165, 1.54) is 28.8 Å². The Hall–Kier alpha value is -3.07. The maximum atomic E-state index is 13.0. The van der Waals surface area contributed by atoms with E-state index in [-0.39, 0.29) is 5.56 Å². The molecule has 1 amide bonds. The molecule has 2 heterocycles. The first-order valence-electron chi connectivity index (χ1n) is 10.4. The standard InChI is InChI=1S/C24H18F3NO4S/c25-24(26,27)15-5-3-4-14(12-15)22(31)28-10-8-23(9-11-28)13-33-21-19(30)18(29)16-6-1-2-7-17(16)20(21)32-23/h1-7,12H,8-11,13H2. The number of hydrogen-bond donors (Lipinski definition) is 0. The molecule has 0 atom stereocenters. The van der Waals surface area contributed by atoms with E-state index in [4.69, 9.17) is 4.74 Å². The van der Waals surface area contributed by atoms with Crippen molar-refractivity contribution in [1.82, 2.24) is 4.90 Å². The summed E-state index contributed by atoms with van der Waals surface area (Å²) in [4.78, 5) is 39.6. The molecule has 9 heteroatoms. The number of thioether (sulfide) groups is 1. The van der Waals surface area contributed by atoms with Crippen LogP contribution in [0.2, 0.25) is 0 Å². The van der Waals surface area contributed by atoms with Crippen LogP contribution in [0.15, 0.2) is 53.4 Å². The van der Waals surface area contributed by atoms with E-state index in [1.54, 1.807) is 24.3 Å². The number of carbonyl (C=O) groups excluding carboxylic acids is 3. The average Bonchev–Trinajstić information content (AvgIpc) is 2.82. The van der Waals surface area contributed by atoms with Crippen LogP contribution in [0.1, 0.15) is 44.7 Å². The van der Waals surface area contributed by atoms with Gasteiger partial charge in [0.2, 0.25) is 11.6 Å². The number of likely N-dealkylation sites (tertiary alicyclic amines) is 1. The molecule has 0 N–H and O–H groups in total. The number of allylic oxidation sites excluding steroid dienone is 1. The number of rotatable bonds is 1. The first kappa shape index (κ1) is 21.8. The first-order valence-corrected chi connectivity index (χ1v) is 11.4. The number of benzene rings is 2. The minimum absolute atomic E-state index is 0.00461. The predicted octanol–water partition coefficient (Wildman–Crippen LogP) is 4.58. The van der Waals surface area contributed by atoms with E-state index >= 15 is 0 Å². The quantitative estimate of drug-likeness (QED) is 0.568. The van der Waals surface area contributed by atoms with Gasteiger partial charge in [-0.25, -0.2) is 0 Å². The third kappa shape index (κ3) is 3.74. The molecule has 0 bridgehead atoms. The van der Waals surface area contributed by atoms with Crippen LogP contribution < -0.4 is 0 Å². The SMILES string of the molecule is O=C1C(=O)c2ccccc2C2=C1SCC1(CCN(C(=O)c3cccc(C(F)(F)F)c3)CC1)O2. The predicted molar refractivity (Wildman–Crippen MR) is 116 cm³/mol. The van der Waals surface area contributed by atoms with Crippen LogP contribution in [0.3, 0.4) is 0 Å². The third-order valence-corrected chi connectivity index (χ3v) is 7.56. The summed E-state index contributed by atoms with van der Waals surface area (Å²) in [6.07, 6.45) is -3.59. The lowest BCUT2D eigenvalue weighted by Gasteiger charge is -2.45. The number of alkyl halides is 3. The molecule has 1 saturated heterocycles. The Labute approximate surface area is 191 Å². The molecule has 2 aromatic rings. The van der Waals surface area contributed by atoms with Crippen molar-refractivity contribution in [2.24, 2.45) is 0 Å². The molecule has 1 spiro atoms. The fourth-order valence-corrected chi connectivity index (χ4v) is 5.65. The number of ether oxygens (including phenoxy) is 1. The van der Waals surface area contributed by atoms with Crippen molar-refractivity contribution in [3.63, 3.8) is 0 Å². The lowest BCUT2D eigenvalue weighted by atomic mass is 9.89. The summed E-state index contributed by atoms with van der Waals surface area (Å²) in [6.45, 7) is 0.625. The zero-order valence-electron chi connectivity index (χ0n) is 17.3. The maximum Gasteiger partial charge on any atom is 0.416 e. The van der Waals surface area contributed by atoms with Gasteiger partial charge in [-0.1, -0.05) is 30.3 Å². The Balaban J connectivity index is 1.34. The Bertz CT molecular complexity index is 1210. The molecule has 0 saturated carbocycles. The summed E-state index contributed by atoms with van der Waals surface area (Å²) in [6, 6.07) is 11.2. The van der Waals surface area contributed by atoms with Crippen molar-refractivity contribution in [2.45, 2.75) is 24.6 Å². The molecule has 5 rings (SSSR count). The molecule has 1 aliphatic carbocycles. The van der Waals surface area contributed by atoms with Crippen LogP contribution in [0.5, 0.6) is 0 Å². The second kappa shape index (κ2) is 7.76. The average molecular weight is 473 g/mol. The topological polar surface area (TPSA) is 63.7 Å². The normalized spacial score (nSPS) is 19.8. The molecule has 33 heavy (non-hydrogen) atoms. The smallest absolute Gasteiger partial charge is 0.416 e. The molecule has 1 fully saturated rings. The summed E-state index contributed by atoms with van der Waals surface area (Å²) in [5.74, 6) is -0.704. The van der Waals surface area contributed by atoms with Gasteiger partial charge < -0.3 is 9.64 Å². The van der Waals surface area contributed by atoms with Gasteiger partial charge in [-0.15, -0.1) is 11.8 Å². The van der Waals surface area contributed by atoms with Gasteiger partial charge in [-0.05, 0) is 18.2 Å². The highest BCUT2D eigenvalue weighted by atomic mass is 32.2. The monoisotopic (exact) mass is 473 g/mol. The molecule has 170 valence electrons. The van der Waals surface area contributed by atoms with Crippen LogP contribution in [-0.2, 0) is 15.7 Å². The van der Waals surface area contributed by atoms with E-state index < -0.39 is 34.8 Å². The van der Waals surface area contributed by atoms with Crippen LogP contribution in [0.25, 0.3) is 5.76 Å². The second-order valence-electron chi connectivity index (χ2n) is 8.31. The number of amides is 1. The number of halogens is 3. The summed E-state index contributed by atoms with van der Waals surface area (Å²) >= 11 is 1.29. The Morgan fingerprint density at radius 3 is 2.36 bits per heavy atom. The summed E-state index contributed by atoms with van der Waals surface area (Å²) in [7, 11) is 0. The molecular formula is C24H18F3NO4S. The molecule has 0 unspecified atom stereocenters. The molecule has 0 aromatic heterocycles. The highest BCUT2D eigenvalue weighted by molar-refractivity contribution is 8.04. The maximum absolute atomic E-state index is 13.0. The van der Waals surface area contributed by atoms with E-state index in [0.717, 1.165) is 12.1 Å². The van der Waals surface area contributed by atoms with Crippen molar-refractivity contribution in [3.8, 4) is 0 Å². The van der Waals surface area contributed by atoms with Crippen molar-refractivity contribution >= 4 is 35.0 Å². The van der Waals surface area contributed by atoms with Gasteiger partial charge in [0.25, 0.3) is 5.91 Å². The minimum Gasteiger partial charge on any atom is -0.484 e. The van der Waals surface area contributed by atoms with E-state index in [9.17, 15) is 27.6 Å². The zero-order valence-corrected chi connectivity index (χ0v) is 18.1. The highest BCUT2D eigenvalue weighted by Gasteiger charge is 2.46. The fraction of sp³-hybridized carbons (Fsp3) is 0.292. The number of nitrogens with zero attached hydrogens (tertiary/aromatic N) is 1. The van der Waals surface area contributed by atoms with Gasteiger partial charge in [-0.3, -0.25) is 14.4 Å². The number of ketones is 2. The lowest BCUT2D eigenvalue weighted by molar-refractivity contribution is -0.137. The van der Waals surface area contributed by atoms with Crippen LogP contribution >= 0.6 is 11.8 Å². The largest absolute Gasteiger partial charge is 0.484 e. The summed E-state index contributed by atoms with van der Waals surface area (Å²) < 4.78 is 45.4. The molecule has 5 nitrogen and oxygen atoms in total. The Morgan fingerprint density at radius 1 is 0.970 bits per heavy atom. The van der Waals surface area contributed by atoms with Gasteiger partial charge in [0, 0.05) is 48.4 Å². The molecule has 3 aliphatic rings. The number of Topliss-reactive ketones (excluding diaryl/α,β-unsaturated/α-hetero) is 2. The number of piperidine rings is 1. The number of fused-ring (bicyclic) bond motifs is 2. The highest BCUT2D eigenvalue weighted by Crippen LogP contribution is 2.47. The lowest BCUT2D eigenvalue weighted by Crippen LogP contribution is -2.51. The van der Waals surface area contributed by atoms with Gasteiger partial charge in [-0.2, -0.15) is 13.2 Å². The first-order chi connectivity index (χ1) is 15.7. The second-order valence-corrected chi connectivity index (χ2v) is 9.29. The summed E-state index contributed by atoms with van der Waals surface area (Å²) in [5, 5.41) is 0. The molecule has 2 aromatic carbocycles. The van der Waals surface area contributed by atoms with Crippen molar-refractivity contribution < 1.29 is 32.3 Å². The zero-order chi connectivity index (χ0) is 23.4. The Morgan fingerprint density at radius 2 is 1.67 bits per heavy atom. The molecule has 2 aliphatic heterocycles. The van der Waals surface area contributed by atoms with Gasteiger partial charge >= 0.3 is 6.18 Å². The van der Waals surface area contributed by atoms with Gasteiger partial charge in [0.1, 0.15) is 16.3 Å². The van der Waals surface area contributed by atoms with E-state index in [2.05, 4.69) is 0 Å². The fourth-order valence-electron chi connectivity index (χ4n) is 4.39. The molecule has 0 radical (unpaired) electrons. The van der Waals surface area contributed by atoms with Crippen LogP contribution in [-0.4, -0.2) is 46.8 Å². The van der Waals surface area contributed by atoms with E-state index in [0.29, 0.717) is 53.5 Å². The van der Waals surface area contributed by atoms with Crippen LogP contribution in [0, 0.1) is 0 Å². The van der Waals surface area contributed by atoms with Gasteiger partial charge in [0.15, 0.2) is 0 Å². The van der Waals surface area contributed by atoms with Crippen molar-refractivity contribution in [3.05, 3.63) is 75.7 Å². The van der Waals surface area contributed by atoms with Crippen molar-refractivity contribution in [1.29, 1.82) is 0 Å².